The fraction of sp³-hybridized carbons (Fsp3) is 0.214. The third kappa shape index (κ3) is 4.32. The molecule has 5 nitrogen and oxygen atoms in total. The van der Waals surface area contributed by atoms with Gasteiger partial charge in [0.05, 0.1) is 17.8 Å². The number of nitrogens with two attached hydrogens (primary N) is 1. The van der Waals surface area contributed by atoms with Crippen LogP contribution in [-0.2, 0) is 24.2 Å². The quantitative estimate of drug-likeness (QED) is 0.481. The summed E-state index contributed by atoms with van der Waals surface area (Å²) in [5, 5.41) is 0. The van der Waals surface area contributed by atoms with Crippen LogP contribution >= 0.6 is 0 Å². The van der Waals surface area contributed by atoms with E-state index in [-0.39, 0.29) is 11.9 Å². The van der Waals surface area contributed by atoms with Crippen LogP contribution in [0.5, 0.6) is 0 Å². The van der Waals surface area contributed by atoms with Crippen molar-refractivity contribution in [2.45, 2.75) is 38.4 Å². The molecule has 3 aromatic carbocycles. The molecule has 166 valence electrons. The molecule has 0 aliphatic carbocycles. The van der Waals surface area contributed by atoms with Crippen molar-refractivity contribution >= 4 is 5.91 Å². The number of carbonyl (C=O) groups excluding carboxylic acids is 1. The monoisotopic (exact) mass is 436 g/mol. The molecule has 0 radical (unpaired) electrons. The van der Waals surface area contributed by atoms with Crippen LogP contribution in [0.1, 0.15) is 34.3 Å². The molecule has 33 heavy (non-hydrogen) atoms. The number of aryl methyl sites for hydroxylation is 1. The summed E-state index contributed by atoms with van der Waals surface area (Å²) in [6.45, 7) is 2.56. The first-order valence-electron chi connectivity index (χ1n) is 11.4. The van der Waals surface area contributed by atoms with Gasteiger partial charge in [-0.3, -0.25) is 4.79 Å². The highest BCUT2D eigenvalue weighted by molar-refractivity contribution is 5.82. The molecule has 0 fully saturated rings. The Labute approximate surface area is 194 Å². The van der Waals surface area contributed by atoms with Gasteiger partial charge in [0.15, 0.2) is 0 Å². The second-order valence-corrected chi connectivity index (χ2v) is 8.71. The topological polar surface area (TPSA) is 75.0 Å². The number of carbonyl (C=O) groups is 1. The Morgan fingerprint density at radius 1 is 1.00 bits per heavy atom. The average molecular weight is 437 g/mol. The van der Waals surface area contributed by atoms with E-state index >= 15 is 0 Å². The summed E-state index contributed by atoms with van der Waals surface area (Å²) in [6.07, 6.45) is 1.22. The van der Waals surface area contributed by atoms with Gasteiger partial charge in [0.1, 0.15) is 5.82 Å². The van der Waals surface area contributed by atoms with Crippen LogP contribution < -0.4 is 5.73 Å². The maximum atomic E-state index is 13.6. The van der Waals surface area contributed by atoms with Crippen LogP contribution in [0.3, 0.4) is 0 Å². The molecule has 3 N–H and O–H groups in total. The summed E-state index contributed by atoms with van der Waals surface area (Å²) < 4.78 is 0. The van der Waals surface area contributed by atoms with Gasteiger partial charge in [0, 0.05) is 24.2 Å². The van der Waals surface area contributed by atoms with Gasteiger partial charge in [0.25, 0.3) is 0 Å². The van der Waals surface area contributed by atoms with E-state index < -0.39 is 6.04 Å². The number of benzene rings is 3. The lowest BCUT2D eigenvalue weighted by Crippen LogP contribution is -2.48. The first-order chi connectivity index (χ1) is 16.1. The van der Waals surface area contributed by atoms with Gasteiger partial charge in [-0.1, -0.05) is 84.9 Å². The summed E-state index contributed by atoms with van der Waals surface area (Å²) in [4.78, 5) is 24.0. The number of aromatic amines is 1. The zero-order valence-electron chi connectivity index (χ0n) is 18.7. The normalized spacial score (nSPS) is 16.3. The SMILES string of the molecule is Cc1[nH]c([C@H]2Cc3ccccc3CN2C(=O)[C@@H](N)Cc2ccccc2)nc1-c1ccccc1. The lowest BCUT2D eigenvalue weighted by molar-refractivity contribution is -0.136. The van der Waals surface area contributed by atoms with Gasteiger partial charge in [0.2, 0.25) is 5.91 Å². The Balaban J connectivity index is 1.48. The number of imidazole rings is 1. The molecule has 0 saturated heterocycles. The number of rotatable bonds is 5. The second kappa shape index (κ2) is 9.04. The first kappa shape index (κ1) is 21.2. The molecule has 0 spiro atoms. The molecule has 2 heterocycles. The third-order valence-electron chi connectivity index (χ3n) is 6.41. The maximum Gasteiger partial charge on any atom is 0.240 e. The third-order valence-corrected chi connectivity index (χ3v) is 6.41. The molecule has 0 unspecified atom stereocenters. The van der Waals surface area contributed by atoms with Crippen LogP contribution in [0, 0.1) is 6.92 Å². The number of nitrogens with one attached hydrogen (secondary N) is 1. The first-order valence-corrected chi connectivity index (χ1v) is 11.4. The molecular weight excluding hydrogens is 408 g/mol. The molecule has 4 aromatic rings. The van der Waals surface area contributed by atoms with Crippen LogP contribution in [-0.4, -0.2) is 26.8 Å². The van der Waals surface area contributed by atoms with E-state index in [0.717, 1.165) is 28.3 Å². The number of hydrogen-bond donors (Lipinski definition) is 2. The van der Waals surface area contributed by atoms with E-state index in [4.69, 9.17) is 10.7 Å². The molecule has 0 bridgehead atoms. The van der Waals surface area contributed by atoms with Gasteiger partial charge in [-0.25, -0.2) is 4.98 Å². The zero-order valence-corrected chi connectivity index (χ0v) is 18.7. The summed E-state index contributed by atoms with van der Waals surface area (Å²) in [5.41, 5.74) is 12.9. The number of H-pyrrole nitrogens is 1. The molecule has 0 saturated carbocycles. The summed E-state index contributed by atoms with van der Waals surface area (Å²) in [6, 6.07) is 27.6. The number of hydrogen-bond acceptors (Lipinski definition) is 3. The second-order valence-electron chi connectivity index (χ2n) is 8.71. The summed E-state index contributed by atoms with van der Waals surface area (Å²) in [7, 11) is 0. The van der Waals surface area contributed by atoms with E-state index in [1.807, 2.05) is 66.4 Å². The molecule has 1 amide bonds. The maximum absolute atomic E-state index is 13.6. The van der Waals surface area contributed by atoms with Crippen LogP contribution in [0.2, 0.25) is 0 Å². The molecule has 1 aliphatic rings. The predicted octanol–water partition coefficient (Wildman–Crippen LogP) is 4.58. The molecular formula is C28H28N4O. The van der Waals surface area contributed by atoms with Crippen LogP contribution in [0.4, 0.5) is 0 Å². The van der Waals surface area contributed by atoms with Gasteiger partial charge in [-0.2, -0.15) is 0 Å². The lowest BCUT2D eigenvalue weighted by atomic mass is 9.92. The van der Waals surface area contributed by atoms with E-state index in [0.29, 0.717) is 19.4 Å². The molecule has 1 aliphatic heterocycles. The van der Waals surface area contributed by atoms with Crippen LogP contribution in [0.15, 0.2) is 84.9 Å². The Hall–Kier alpha value is -3.70. The minimum atomic E-state index is -0.607. The van der Waals surface area contributed by atoms with Gasteiger partial charge < -0.3 is 15.6 Å². The van der Waals surface area contributed by atoms with Gasteiger partial charge in [-0.05, 0) is 30.0 Å². The smallest absolute Gasteiger partial charge is 0.240 e. The van der Waals surface area contributed by atoms with Crippen molar-refractivity contribution in [3.8, 4) is 11.3 Å². The predicted molar refractivity (Wildman–Crippen MR) is 130 cm³/mol. The highest BCUT2D eigenvalue weighted by Crippen LogP contribution is 2.34. The number of fused-ring (bicyclic) bond motifs is 1. The largest absolute Gasteiger partial charge is 0.344 e. The van der Waals surface area contributed by atoms with Crippen molar-refractivity contribution in [1.82, 2.24) is 14.9 Å². The fourth-order valence-corrected chi connectivity index (χ4v) is 4.69. The number of amides is 1. The molecule has 5 heteroatoms. The minimum absolute atomic E-state index is 0.0475. The minimum Gasteiger partial charge on any atom is -0.344 e. The van der Waals surface area contributed by atoms with E-state index in [1.165, 1.54) is 11.1 Å². The number of aromatic nitrogens is 2. The van der Waals surface area contributed by atoms with Gasteiger partial charge in [-0.15, -0.1) is 0 Å². The van der Waals surface area contributed by atoms with Crippen molar-refractivity contribution < 1.29 is 4.79 Å². The Bertz CT molecular complexity index is 1250. The zero-order chi connectivity index (χ0) is 22.8. The Morgan fingerprint density at radius 3 is 2.36 bits per heavy atom. The highest BCUT2D eigenvalue weighted by Gasteiger charge is 2.35. The van der Waals surface area contributed by atoms with Crippen molar-refractivity contribution in [3.05, 3.63) is 113 Å². The lowest BCUT2D eigenvalue weighted by Gasteiger charge is -2.37. The van der Waals surface area contributed by atoms with E-state index in [2.05, 4.69) is 35.3 Å². The van der Waals surface area contributed by atoms with Crippen molar-refractivity contribution in [3.63, 3.8) is 0 Å². The van der Waals surface area contributed by atoms with Crippen molar-refractivity contribution in [2.75, 3.05) is 0 Å². The Morgan fingerprint density at radius 2 is 1.64 bits per heavy atom. The molecule has 1 aromatic heterocycles. The van der Waals surface area contributed by atoms with E-state index in [1.54, 1.807) is 0 Å². The summed E-state index contributed by atoms with van der Waals surface area (Å²) >= 11 is 0. The highest BCUT2D eigenvalue weighted by atomic mass is 16.2. The van der Waals surface area contributed by atoms with Crippen molar-refractivity contribution in [1.29, 1.82) is 0 Å². The van der Waals surface area contributed by atoms with E-state index in [9.17, 15) is 4.79 Å². The van der Waals surface area contributed by atoms with Gasteiger partial charge >= 0.3 is 0 Å². The standard InChI is InChI=1S/C28H28N4O/c1-19-26(21-12-6-3-7-13-21)31-27(30-19)25-17-22-14-8-9-15-23(22)18-32(25)28(33)24(29)16-20-10-4-2-5-11-20/h2-15,24-25H,16-18,29H2,1H3,(H,30,31)/t24-,25+/m0/s1. The molecule has 5 rings (SSSR count). The average Bonchev–Trinajstić information content (AvgIpc) is 3.25. The van der Waals surface area contributed by atoms with Crippen molar-refractivity contribution in [2.24, 2.45) is 5.73 Å². The Kier molecular flexibility index (Phi) is 5.80. The fourth-order valence-electron chi connectivity index (χ4n) is 4.69. The number of nitrogens with zero attached hydrogens (tertiary/aromatic N) is 2. The molecule has 2 atom stereocenters. The summed E-state index contributed by atoms with van der Waals surface area (Å²) in [5.74, 6) is 0.759. The van der Waals surface area contributed by atoms with Crippen LogP contribution in [0.25, 0.3) is 11.3 Å².